The van der Waals surface area contributed by atoms with Crippen LogP contribution in [-0.4, -0.2) is 4.57 Å². The zero-order chi connectivity index (χ0) is 44.8. The molecule has 68 heavy (non-hydrogen) atoms. The van der Waals surface area contributed by atoms with Crippen LogP contribution in [0.1, 0.15) is 22.3 Å². The van der Waals surface area contributed by atoms with Gasteiger partial charge in [0.25, 0.3) is 0 Å². The molecule has 0 fully saturated rings. The first-order chi connectivity index (χ1) is 33.8. The Morgan fingerprint density at radius 2 is 0.882 bits per heavy atom. The van der Waals surface area contributed by atoms with E-state index in [0.717, 1.165) is 56.4 Å². The van der Waals surface area contributed by atoms with Gasteiger partial charge in [-0.1, -0.05) is 200 Å². The van der Waals surface area contributed by atoms with Crippen molar-refractivity contribution < 1.29 is 4.74 Å². The molecule has 14 rings (SSSR count). The quantitative estimate of drug-likeness (QED) is 0.166. The summed E-state index contributed by atoms with van der Waals surface area (Å²) in [5.74, 6) is 1.71. The summed E-state index contributed by atoms with van der Waals surface area (Å²) in [6.45, 7) is 0. The second-order valence-electron chi connectivity index (χ2n) is 17.9. The van der Waals surface area contributed by atoms with Crippen molar-refractivity contribution in [2.45, 2.75) is 5.41 Å². The monoisotopic (exact) mass is 866 g/mol. The standard InChI is InChI=1S/C65H42N2O/c1-4-19-43(20-5-1)49-29-18-30-50(44-21-6-2-7-22-44)64(49)67-59-35-14-11-28-52(59)54-41-47(38-40-60(54)67)66(46-25-8-3-9-26-46)48-37-39-57-62(42-48)68-61-36-15-13-33-56(61)65(57)55-32-12-10-27-51(55)53-31-16-23-45-24-17-34-58(65)63(45)53/h1-42H. The molecule has 1 aromatic heterocycles. The largest absolute Gasteiger partial charge is 0.457 e. The molecule has 0 saturated heterocycles. The van der Waals surface area contributed by atoms with Crippen molar-refractivity contribution >= 4 is 49.6 Å². The maximum absolute atomic E-state index is 7.11. The highest BCUT2D eigenvalue weighted by molar-refractivity contribution is 6.12. The van der Waals surface area contributed by atoms with E-state index in [4.69, 9.17) is 4.74 Å². The number of hydrogen-bond donors (Lipinski definition) is 0. The van der Waals surface area contributed by atoms with Crippen LogP contribution in [0, 0.1) is 0 Å². The van der Waals surface area contributed by atoms with E-state index in [9.17, 15) is 0 Å². The van der Waals surface area contributed by atoms with Crippen LogP contribution in [0.25, 0.3) is 71.6 Å². The third-order valence-electron chi connectivity index (χ3n) is 14.4. The Balaban J connectivity index is 0.997. The van der Waals surface area contributed by atoms with Crippen LogP contribution in [0.3, 0.4) is 0 Å². The van der Waals surface area contributed by atoms with Gasteiger partial charge in [-0.25, -0.2) is 0 Å². The van der Waals surface area contributed by atoms with Crippen molar-refractivity contribution in [3.63, 3.8) is 0 Å². The molecule has 1 atom stereocenters. The Morgan fingerprint density at radius 1 is 0.338 bits per heavy atom. The topological polar surface area (TPSA) is 17.4 Å². The summed E-state index contributed by atoms with van der Waals surface area (Å²) >= 11 is 0. The van der Waals surface area contributed by atoms with Crippen LogP contribution in [0.4, 0.5) is 17.1 Å². The van der Waals surface area contributed by atoms with Crippen molar-refractivity contribution in [1.29, 1.82) is 0 Å². The van der Waals surface area contributed by atoms with Gasteiger partial charge >= 0.3 is 0 Å². The fraction of sp³-hybridized carbons (Fsp3) is 0.0154. The molecular weight excluding hydrogens is 825 g/mol. The Bertz CT molecular complexity index is 3890. The summed E-state index contributed by atoms with van der Waals surface area (Å²) in [6, 6.07) is 92.8. The Labute approximate surface area is 395 Å². The normalized spacial score (nSPS) is 14.4. The molecule has 2 heterocycles. The average Bonchev–Trinajstić information content (AvgIpc) is 3.74. The van der Waals surface area contributed by atoms with Gasteiger partial charge in [0.05, 0.1) is 22.1 Å². The Kier molecular flexibility index (Phi) is 8.50. The van der Waals surface area contributed by atoms with Crippen molar-refractivity contribution in [2.75, 3.05) is 4.90 Å². The van der Waals surface area contributed by atoms with Crippen molar-refractivity contribution in [1.82, 2.24) is 4.57 Å². The number of ether oxygens (including phenoxy) is 1. The molecule has 1 unspecified atom stereocenters. The molecule has 12 aromatic rings. The number of rotatable bonds is 6. The number of fused-ring (bicyclic) bond motifs is 11. The summed E-state index contributed by atoms with van der Waals surface area (Å²) in [6.07, 6.45) is 0. The van der Waals surface area contributed by atoms with E-state index in [1.807, 2.05) is 0 Å². The molecule has 1 aliphatic heterocycles. The summed E-state index contributed by atoms with van der Waals surface area (Å²) in [5, 5.41) is 4.90. The van der Waals surface area contributed by atoms with Crippen molar-refractivity contribution in [2.24, 2.45) is 0 Å². The van der Waals surface area contributed by atoms with Gasteiger partial charge in [-0.2, -0.15) is 0 Å². The van der Waals surface area contributed by atoms with Gasteiger partial charge in [-0.3, -0.25) is 0 Å². The minimum atomic E-state index is -0.611. The van der Waals surface area contributed by atoms with Gasteiger partial charge < -0.3 is 14.2 Å². The lowest BCUT2D eigenvalue weighted by Crippen LogP contribution is -2.36. The van der Waals surface area contributed by atoms with Gasteiger partial charge in [0.1, 0.15) is 11.5 Å². The molecule has 3 heteroatoms. The molecule has 2 aliphatic rings. The van der Waals surface area contributed by atoms with Crippen LogP contribution in [-0.2, 0) is 5.41 Å². The first-order valence-electron chi connectivity index (χ1n) is 23.4. The van der Waals surface area contributed by atoms with Gasteiger partial charge in [0.2, 0.25) is 0 Å². The molecular formula is C65H42N2O. The number of nitrogens with zero attached hydrogens (tertiary/aromatic N) is 2. The zero-order valence-electron chi connectivity index (χ0n) is 37.1. The molecule has 11 aromatic carbocycles. The highest BCUT2D eigenvalue weighted by Crippen LogP contribution is 2.61. The van der Waals surface area contributed by atoms with Gasteiger partial charge in [0, 0.05) is 56.2 Å². The fourth-order valence-electron chi connectivity index (χ4n) is 11.7. The van der Waals surface area contributed by atoms with E-state index in [0.29, 0.717) is 0 Å². The molecule has 0 N–H and O–H groups in total. The van der Waals surface area contributed by atoms with Crippen molar-refractivity contribution in [3.8, 4) is 50.6 Å². The summed E-state index contributed by atoms with van der Waals surface area (Å²) < 4.78 is 9.59. The van der Waals surface area contributed by atoms with Gasteiger partial charge in [-0.05, 0) is 92.7 Å². The van der Waals surface area contributed by atoms with E-state index >= 15 is 0 Å². The Hall–Kier alpha value is -8.92. The first-order valence-corrected chi connectivity index (χ1v) is 23.4. The third-order valence-corrected chi connectivity index (χ3v) is 14.4. The number of para-hydroxylation sites is 4. The lowest BCUT2D eigenvalue weighted by Gasteiger charge is -2.45. The van der Waals surface area contributed by atoms with Crippen LogP contribution < -0.4 is 9.64 Å². The molecule has 0 amide bonds. The molecule has 3 nitrogen and oxygen atoms in total. The molecule has 0 radical (unpaired) electrons. The molecule has 318 valence electrons. The predicted octanol–water partition coefficient (Wildman–Crippen LogP) is 17.2. The van der Waals surface area contributed by atoms with Crippen LogP contribution in [0.2, 0.25) is 0 Å². The number of benzene rings is 11. The molecule has 1 aliphatic carbocycles. The smallest absolute Gasteiger partial charge is 0.134 e. The summed E-state index contributed by atoms with van der Waals surface area (Å²) in [4.78, 5) is 2.38. The molecule has 1 spiro atoms. The van der Waals surface area contributed by atoms with Crippen LogP contribution >= 0.6 is 0 Å². The maximum Gasteiger partial charge on any atom is 0.134 e. The van der Waals surface area contributed by atoms with E-state index in [1.54, 1.807) is 0 Å². The van der Waals surface area contributed by atoms with E-state index in [-0.39, 0.29) is 0 Å². The highest BCUT2D eigenvalue weighted by Gasteiger charge is 2.49. The second kappa shape index (κ2) is 15.1. The third kappa shape index (κ3) is 5.54. The summed E-state index contributed by atoms with van der Waals surface area (Å²) in [7, 11) is 0. The zero-order valence-corrected chi connectivity index (χ0v) is 37.1. The lowest BCUT2D eigenvalue weighted by molar-refractivity contribution is 0.435. The van der Waals surface area contributed by atoms with E-state index in [2.05, 4.69) is 264 Å². The van der Waals surface area contributed by atoms with Gasteiger partial charge in [-0.15, -0.1) is 0 Å². The number of hydrogen-bond acceptors (Lipinski definition) is 2. The minimum absolute atomic E-state index is 0.611. The SMILES string of the molecule is c1ccc(-c2cccc(-c3ccccc3)c2-n2c3ccccc3c3cc(N(c4ccccc4)c4ccc5c(c4)Oc4ccccc4C54c5ccccc5-c5cccc6cccc4c56)ccc32)cc1. The maximum atomic E-state index is 7.11. The fourth-order valence-corrected chi connectivity index (χ4v) is 11.7. The summed E-state index contributed by atoms with van der Waals surface area (Å²) in [5.41, 5.74) is 18.0. The first kappa shape index (κ1) is 38.4. The molecule has 0 saturated carbocycles. The van der Waals surface area contributed by atoms with Crippen molar-refractivity contribution in [3.05, 3.63) is 277 Å². The highest BCUT2D eigenvalue weighted by atomic mass is 16.5. The average molecular weight is 867 g/mol. The predicted molar refractivity (Wildman–Crippen MR) is 281 cm³/mol. The van der Waals surface area contributed by atoms with E-state index < -0.39 is 5.41 Å². The number of anilines is 3. The van der Waals surface area contributed by atoms with E-state index in [1.165, 1.54) is 66.1 Å². The molecule has 0 bridgehead atoms. The minimum Gasteiger partial charge on any atom is -0.457 e. The second-order valence-corrected chi connectivity index (χ2v) is 17.9. The van der Waals surface area contributed by atoms with Gasteiger partial charge in [0.15, 0.2) is 0 Å². The van der Waals surface area contributed by atoms with Crippen LogP contribution in [0.5, 0.6) is 11.5 Å². The number of aromatic nitrogens is 1. The Morgan fingerprint density at radius 3 is 1.66 bits per heavy atom. The van der Waals surface area contributed by atoms with Crippen LogP contribution in [0.15, 0.2) is 255 Å². The lowest BCUT2D eigenvalue weighted by atomic mass is 9.58.